The van der Waals surface area contributed by atoms with Crippen molar-refractivity contribution < 1.29 is 14.6 Å². The summed E-state index contributed by atoms with van der Waals surface area (Å²) in [4.78, 5) is 14.4. The molecule has 2 fully saturated rings. The van der Waals surface area contributed by atoms with E-state index in [4.69, 9.17) is 4.74 Å². The Balaban J connectivity index is 1.54. The lowest BCUT2D eigenvalue weighted by molar-refractivity contribution is -0.207. The van der Waals surface area contributed by atoms with Gasteiger partial charge in [-0.2, -0.15) is 0 Å². The van der Waals surface area contributed by atoms with Gasteiger partial charge in [-0.1, -0.05) is 30.3 Å². The van der Waals surface area contributed by atoms with Gasteiger partial charge in [-0.05, 0) is 32.3 Å². The smallest absolute Gasteiger partial charge is 0.317 e. The molecular weight excluding hydrogens is 304 g/mol. The van der Waals surface area contributed by atoms with Crippen molar-refractivity contribution in [3.8, 4) is 0 Å². The van der Waals surface area contributed by atoms with Crippen LogP contribution in [0.3, 0.4) is 0 Å². The number of hydrogen-bond donors (Lipinski definition) is 2. The van der Waals surface area contributed by atoms with Gasteiger partial charge < -0.3 is 20.1 Å². The van der Waals surface area contributed by atoms with Gasteiger partial charge >= 0.3 is 6.03 Å². The number of carbonyl (C=O) groups excluding carboxylic acids is 1. The van der Waals surface area contributed by atoms with Crippen LogP contribution in [0.2, 0.25) is 0 Å². The summed E-state index contributed by atoms with van der Waals surface area (Å²) in [6.45, 7) is 6.02. The summed E-state index contributed by atoms with van der Waals surface area (Å²) < 4.78 is 5.78. The molecule has 3 rings (SSSR count). The van der Waals surface area contributed by atoms with Crippen LogP contribution in [0.1, 0.15) is 44.7 Å². The molecule has 1 aromatic rings. The molecule has 132 valence electrons. The first-order valence-electron chi connectivity index (χ1n) is 8.97. The average molecular weight is 332 g/mol. The van der Waals surface area contributed by atoms with E-state index in [1.54, 1.807) is 0 Å². The molecule has 2 N–H and O–H groups in total. The van der Waals surface area contributed by atoms with Gasteiger partial charge in [-0.3, -0.25) is 0 Å². The molecule has 5 nitrogen and oxygen atoms in total. The molecule has 1 saturated heterocycles. The summed E-state index contributed by atoms with van der Waals surface area (Å²) in [6.07, 6.45) is 2.21. The van der Waals surface area contributed by atoms with Crippen molar-refractivity contribution in [2.24, 2.45) is 5.41 Å². The van der Waals surface area contributed by atoms with E-state index in [1.165, 1.54) is 0 Å². The van der Waals surface area contributed by atoms with Crippen molar-refractivity contribution in [2.45, 2.75) is 51.4 Å². The van der Waals surface area contributed by atoms with E-state index in [0.29, 0.717) is 19.7 Å². The van der Waals surface area contributed by atoms with Gasteiger partial charge in [0.15, 0.2) is 0 Å². The fraction of sp³-hybridized carbons (Fsp3) is 0.632. The van der Waals surface area contributed by atoms with Crippen LogP contribution in [0.15, 0.2) is 30.3 Å². The Morgan fingerprint density at radius 3 is 2.62 bits per heavy atom. The minimum Gasteiger partial charge on any atom is -0.392 e. The van der Waals surface area contributed by atoms with E-state index in [2.05, 4.69) is 5.32 Å². The molecule has 5 heteroatoms. The number of piperidine rings is 1. The predicted octanol–water partition coefficient (Wildman–Crippen LogP) is 2.71. The fourth-order valence-corrected chi connectivity index (χ4v) is 4.04. The largest absolute Gasteiger partial charge is 0.392 e. The molecule has 0 radical (unpaired) electrons. The number of carbonyl (C=O) groups is 1. The molecule has 1 heterocycles. The molecule has 1 aliphatic carbocycles. The number of nitrogens with one attached hydrogen (secondary N) is 1. The molecule has 1 saturated carbocycles. The molecule has 3 atom stereocenters. The van der Waals surface area contributed by atoms with E-state index in [0.717, 1.165) is 24.8 Å². The van der Waals surface area contributed by atoms with Crippen molar-refractivity contribution in [3.63, 3.8) is 0 Å². The summed E-state index contributed by atoms with van der Waals surface area (Å²) in [5.74, 6) is 0. The van der Waals surface area contributed by atoms with Crippen LogP contribution in [0.4, 0.5) is 4.79 Å². The highest BCUT2D eigenvalue weighted by Crippen LogP contribution is 2.50. The van der Waals surface area contributed by atoms with Crippen LogP contribution in [0.25, 0.3) is 0 Å². The maximum atomic E-state index is 12.5. The van der Waals surface area contributed by atoms with Crippen molar-refractivity contribution >= 4 is 6.03 Å². The summed E-state index contributed by atoms with van der Waals surface area (Å²) in [7, 11) is 0. The van der Waals surface area contributed by atoms with Crippen molar-refractivity contribution in [1.29, 1.82) is 0 Å². The third kappa shape index (κ3) is 3.15. The van der Waals surface area contributed by atoms with E-state index < -0.39 is 0 Å². The third-order valence-corrected chi connectivity index (χ3v) is 5.73. The van der Waals surface area contributed by atoms with Crippen molar-refractivity contribution in [3.05, 3.63) is 35.9 Å². The number of amides is 2. The zero-order chi connectivity index (χ0) is 17.2. The summed E-state index contributed by atoms with van der Waals surface area (Å²) >= 11 is 0. The van der Waals surface area contributed by atoms with Gasteiger partial charge in [0.1, 0.15) is 0 Å². The zero-order valence-electron chi connectivity index (χ0n) is 14.6. The second kappa shape index (κ2) is 7.11. The highest BCUT2D eigenvalue weighted by molar-refractivity contribution is 5.74. The Kier molecular flexibility index (Phi) is 5.11. The molecule has 0 aromatic heterocycles. The Hall–Kier alpha value is -1.59. The number of aliphatic hydroxyl groups is 1. The molecule has 24 heavy (non-hydrogen) atoms. The highest BCUT2D eigenvalue weighted by atomic mass is 16.5. The lowest BCUT2D eigenvalue weighted by atomic mass is 9.58. The maximum absolute atomic E-state index is 12.5. The van der Waals surface area contributed by atoms with Crippen LogP contribution in [-0.4, -0.2) is 47.9 Å². The van der Waals surface area contributed by atoms with Gasteiger partial charge in [0.05, 0.1) is 18.2 Å². The summed E-state index contributed by atoms with van der Waals surface area (Å²) in [5.41, 5.74) is 0.961. The number of urea groups is 1. The monoisotopic (exact) mass is 332 g/mol. The van der Waals surface area contributed by atoms with Crippen LogP contribution in [0.5, 0.6) is 0 Å². The molecular formula is C19H28N2O3. The normalized spacial score (nSPS) is 26.7. The lowest BCUT2D eigenvalue weighted by Crippen LogP contribution is -2.63. The lowest BCUT2D eigenvalue weighted by Gasteiger charge is -2.56. The topological polar surface area (TPSA) is 61.8 Å². The van der Waals surface area contributed by atoms with Crippen LogP contribution >= 0.6 is 0 Å². The molecule has 0 bridgehead atoms. The van der Waals surface area contributed by atoms with E-state index in [1.807, 2.05) is 49.1 Å². The second-order valence-electron chi connectivity index (χ2n) is 7.00. The quantitative estimate of drug-likeness (QED) is 0.891. The molecule has 2 aliphatic rings. The zero-order valence-corrected chi connectivity index (χ0v) is 14.6. The number of hydrogen-bond acceptors (Lipinski definition) is 3. The molecule has 2 amide bonds. The number of rotatable bonds is 4. The minimum absolute atomic E-state index is 0.0138. The first kappa shape index (κ1) is 17.2. The van der Waals surface area contributed by atoms with E-state index in [-0.39, 0.29) is 29.7 Å². The first-order chi connectivity index (χ1) is 11.6. The van der Waals surface area contributed by atoms with Gasteiger partial charge in [0.25, 0.3) is 0 Å². The number of benzene rings is 1. The van der Waals surface area contributed by atoms with Crippen LogP contribution in [-0.2, 0) is 4.74 Å². The maximum Gasteiger partial charge on any atom is 0.317 e. The fourth-order valence-electron chi connectivity index (χ4n) is 4.04. The molecule has 1 aliphatic heterocycles. The van der Waals surface area contributed by atoms with Crippen molar-refractivity contribution in [1.82, 2.24) is 10.2 Å². The first-order valence-corrected chi connectivity index (χ1v) is 8.97. The summed E-state index contributed by atoms with van der Waals surface area (Å²) in [5, 5.41) is 13.3. The second-order valence-corrected chi connectivity index (χ2v) is 7.00. The van der Waals surface area contributed by atoms with Gasteiger partial charge in [0, 0.05) is 31.5 Å². The van der Waals surface area contributed by atoms with Gasteiger partial charge in [-0.25, -0.2) is 4.79 Å². The highest BCUT2D eigenvalue weighted by Gasteiger charge is 2.56. The average Bonchev–Trinajstić information content (AvgIpc) is 2.62. The number of likely N-dealkylation sites (tertiary alicyclic amines) is 1. The predicted molar refractivity (Wildman–Crippen MR) is 92.7 cm³/mol. The third-order valence-electron chi connectivity index (χ3n) is 5.73. The van der Waals surface area contributed by atoms with E-state index >= 15 is 0 Å². The van der Waals surface area contributed by atoms with Gasteiger partial charge in [-0.15, -0.1) is 0 Å². The number of ether oxygens (including phenoxy) is 1. The van der Waals surface area contributed by atoms with Crippen LogP contribution in [0, 0.1) is 5.41 Å². The molecule has 2 unspecified atom stereocenters. The Morgan fingerprint density at radius 1 is 1.38 bits per heavy atom. The van der Waals surface area contributed by atoms with Crippen molar-refractivity contribution in [2.75, 3.05) is 19.7 Å². The molecule has 1 aromatic carbocycles. The minimum atomic E-state index is -0.289. The molecule has 1 spiro atoms. The Bertz CT molecular complexity index is 553. The summed E-state index contributed by atoms with van der Waals surface area (Å²) in [6, 6.07) is 9.94. The number of nitrogens with zero attached hydrogens (tertiary/aromatic N) is 1. The Labute approximate surface area is 144 Å². The van der Waals surface area contributed by atoms with E-state index in [9.17, 15) is 9.90 Å². The van der Waals surface area contributed by atoms with Crippen LogP contribution < -0.4 is 5.32 Å². The van der Waals surface area contributed by atoms with Gasteiger partial charge in [0.2, 0.25) is 0 Å². The SMILES string of the molecule is CCOC1CC(O)C12CCN(C(=O)N[C@@H](C)c1ccccc1)CC2. The Morgan fingerprint density at radius 2 is 2.04 bits per heavy atom. The number of aliphatic hydroxyl groups excluding tert-OH is 1. The standard InChI is InChI=1S/C19H28N2O3/c1-3-24-17-13-16(22)19(17)9-11-21(12-10-19)18(23)20-14(2)15-7-5-4-6-8-15/h4-8,14,16-17,22H,3,9-13H2,1-2H3,(H,20,23)/t14-,16?,17?/m0/s1.